The molecule has 0 aliphatic rings. The van der Waals surface area contributed by atoms with Crippen molar-refractivity contribution in [3.05, 3.63) is 41.4 Å². The number of Topliss-reactive ketones (excluding diaryl/α,β-unsaturated/α-hetero) is 1. The standard InChI is InChI=1S/C14H14N2O2/c1-8-14(13(9(2)17)10(3)18)16-12-7-5-4-6-11(12)15-8/h4-7,17H,1-3H3/b13-9-. The second kappa shape index (κ2) is 4.56. The normalized spacial score (nSPS) is 12.4. The van der Waals surface area contributed by atoms with Gasteiger partial charge in [-0.3, -0.25) is 4.79 Å². The van der Waals surface area contributed by atoms with Crippen molar-refractivity contribution < 1.29 is 9.90 Å². The molecular formula is C14H14N2O2. The van der Waals surface area contributed by atoms with Gasteiger partial charge in [0.2, 0.25) is 0 Å². The summed E-state index contributed by atoms with van der Waals surface area (Å²) in [5.74, 6) is -0.252. The number of fused-ring (bicyclic) bond motifs is 1. The van der Waals surface area contributed by atoms with E-state index in [1.807, 2.05) is 24.3 Å². The molecule has 1 heterocycles. The Bertz CT molecular complexity index is 656. The number of carbonyl (C=O) groups excluding carboxylic acids is 1. The van der Waals surface area contributed by atoms with Gasteiger partial charge in [-0.25, -0.2) is 9.97 Å². The number of aromatic nitrogens is 2. The van der Waals surface area contributed by atoms with E-state index >= 15 is 0 Å². The average Bonchev–Trinajstić information content (AvgIpc) is 2.29. The molecule has 0 saturated heterocycles. The van der Waals surface area contributed by atoms with Crippen molar-refractivity contribution in [2.45, 2.75) is 20.8 Å². The fourth-order valence-corrected chi connectivity index (χ4v) is 1.92. The van der Waals surface area contributed by atoms with E-state index in [0.29, 0.717) is 16.9 Å². The Morgan fingerprint density at radius 1 is 1.11 bits per heavy atom. The number of allylic oxidation sites excluding steroid dienone is 2. The fraction of sp³-hybridized carbons (Fsp3) is 0.214. The Balaban J connectivity index is 2.75. The van der Waals surface area contributed by atoms with Gasteiger partial charge in [0.1, 0.15) is 5.76 Å². The molecule has 1 aromatic heterocycles. The van der Waals surface area contributed by atoms with Crippen molar-refractivity contribution in [1.29, 1.82) is 0 Å². The second-order valence-electron chi connectivity index (χ2n) is 4.16. The zero-order valence-corrected chi connectivity index (χ0v) is 10.6. The zero-order valence-electron chi connectivity index (χ0n) is 10.6. The molecule has 0 amide bonds. The SMILES string of the molecule is CC(=O)/C(=C(\C)O)c1nc2ccccc2nc1C. The van der Waals surface area contributed by atoms with Crippen molar-refractivity contribution in [1.82, 2.24) is 9.97 Å². The van der Waals surface area contributed by atoms with Crippen LogP contribution >= 0.6 is 0 Å². The molecule has 0 unspecified atom stereocenters. The Hall–Kier alpha value is -2.23. The van der Waals surface area contributed by atoms with Gasteiger partial charge < -0.3 is 5.11 Å². The van der Waals surface area contributed by atoms with Crippen LogP contribution < -0.4 is 0 Å². The van der Waals surface area contributed by atoms with Gasteiger partial charge in [-0.2, -0.15) is 0 Å². The fourth-order valence-electron chi connectivity index (χ4n) is 1.92. The first kappa shape index (κ1) is 12.2. The molecule has 0 aliphatic heterocycles. The first-order valence-corrected chi connectivity index (χ1v) is 5.65. The summed E-state index contributed by atoms with van der Waals surface area (Å²) in [7, 11) is 0. The highest BCUT2D eigenvalue weighted by atomic mass is 16.3. The van der Waals surface area contributed by atoms with E-state index < -0.39 is 0 Å². The Labute approximate surface area is 105 Å². The number of para-hydroxylation sites is 2. The number of aryl methyl sites for hydroxylation is 1. The highest BCUT2D eigenvalue weighted by molar-refractivity contribution is 6.19. The van der Waals surface area contributed by atoms with E-state index in [1.54, 1.807) is 6.92 Å². The summed E-state index contributed by atoms with van der Waals surface area (Å²) < 4.78 is 0. The summed E-state index contributed by atoms with van der Waals surface area (Å²) in [6.07, 6.45) is 0. The van der Waals surface area contributed by atoms with Gasteiger partial charge in [0.05, 0.1) is 28.0 Å². The monoisotopic (exact) mass is 242 g/mol. The van der Waals surface area contributed by atoms with Crippen LogP contribution in [0.4, 0.5) is 0 Å². The molecule has 1 N–H and O–H groups in total. The number of benzene rings is 1. The minimum Gasteiger partial charge on any atom is -0.512 e. The van der Waals surface area contributed by atoms with E-state index in [1.165, 1.54) is 13.8 Å². The molecule has 2 rings (SSSR count). The van der Waals surface area contributed by atoms with Crippen LogP contribution in [-0.2, 0) is 4.79 Å². The number of aliphatic hydroxyl groups is 1. The van der Waals surface area contributed by atoms with Crippen molar-refractivity contribution >= 4 is 22.4 Å². The molecule has 0 aliphatic carbocycles. The summed E-state index contributed by atoms with van der Waals surface area (Å²) in [6.45, 7) is 4.67. The topological polar surface area (TPSA) is 63.1 Å². The first-order valence-electron chi connectivity index (χ1n) is 5.65. The molecule has 4 nitrogen and oxygen atoms in total. The minimum atomic E-state index is -0.220. The van der Waals surface area contributed by atoms with Gasteiger partial charge in [0, 0.05) is 0 Å². The van der Waals surface area contributed by atoms with Crippen molar-refractivity contribution in [2.75, 3.05) is 0 Å². The Kier molecular flexibility index (Phi) is 3.10. The number of hydrogen-bond acceptors (Lipinski definition) is 4. The summed E-state index contributed by atoms with van der Waals surface area (Å²) in [5, 5.41) is 9.62. The summed E-state index contributed by atoms with van der Waals surface area (Å²) in [6, 6.07) is 7.44. The van der Waals surface area contributed by atoms with Gasteiger partial charge in [-0.15, -0.1) is 0 Å². The van der Waals surface area contributed by atoms with Crippen LogP contribution in [0.5, 0.6) is 0 Å². The lowest BCUT2D eigenvalue weighted by Gasteiger charge is -2.09. The molecule has 92 valence electrons. The van der Waals surface area contributed by atoms with Crippen molar-refractivity contribution in [3.63, 3.8) is 0 Å². The predicted octanol–water partition coefficient (Wildman–Crippen LogP) is 2.82. The van der Waals surface area contributed by atoms with Crippen LogP contribution in [0.15, 0.2) is 30.0 Å². The number of nitrogens with zero attached hydrogens (tertiary/aromatic N) is 2. The summed E-state index contributed by atoms with van der Waals surface area (Å²) in [5.41, 5.74) is 2.79. The summed E-state index contributed by atoms with van der Waals surface area (Å²) in [4.78, 5) is 20.4. The van der Waals surface area contributed by atoms with Crippen LogP contribution in [0.1, 0.15) is 25.2 Å². The molecule has 4 heteroatoms. The lowest BCUT2D eigenvalue weighted by Crippen LogP contribution is -2.06. The molecule has 0 atom stereocenters. The maximum atomic E-state index is 11.6. The molecule has 0 bridgehead atoms. The van der Waals surface area contributed by atoms with Gasteiger partial charge >= 0.3 is 0 Å². The third-order valence-corrected chi connectivity index (χ3v) is 2.70. The smallest absolute Gasteiger partial charge is 0.165 e. The van der Waals surface area contributed by atoms with E-state index in [-0.39, 0.29) is 17.1 Å². The zero-order chi connectivity index (χ0) is 13.3. The minimum absolute atomic E-state index is 0.0322. The molecule has 0 saturated carbocycles. The van der Waals surface area contributed by atoms with E-state index in [2.05, 4.69) is 9.97 Å². The maximum Gasteiger partial charge on any atom is 0.165 e. The number of ketones is 1. The molecule has 18 heavy (non-hydrogen) atoms. The molecule has 0 radical (unpaired) electrons. The third-order valence-electron chi connectivity index (χ3n) is 2.70. The van der Waals surface area contributed by atoms with Crippen molar-refractivity contribution in [3.8, 4) is 0 Å². The van der Waals surface area contributed by atoms with Crippen LogP contribution in [0.25, 0.3) is 16.6 Å². The molecule has 2 aromatic rings. The highest BCUT2D eigenvalue weighted by Gasteiger charge is 2.16. The lowest BCUT2D eigenvalue weighted by atomic mass is 10.1. The van der Waals surface area contributed by atoms with Gasteiger partial charge in [-0.05, 0) is 32.9 Å². The van der Waals surface area contributed by atoms with E-state index in [9.17, 15) is 9.90 Å². The Morgan fingerprint density at radius 3 is 2.17 bits per heavy atom. The van der Waals surface area contributed by atoms with Crippen molar-refractivity contribution in [2.24, 2.45) is 0 Å². The molecule has 0 fully saturated rings. The van der Waals surface area contributed by atoms with E-state index in [4.69, 9.17) is 0 Å². The molecule has 0 spiro atoms. The second-order valence-corrected chi connectivity index (χ2v) is 4.16. The van der Waals surface area contributed by atoms with Crippen LogP contribution in [0, 0.1) is 6.92 Å². The predicted molar refractivity (Wildman–Crippen MR) is 70.2 cm³/mol. The average molecular weight is 242 g/mol. The molecular weight excluding hydrogens is 228 g/mol. The van der Waals surface area contributed by atoms with Gasteiger partial charge in [0.25, 0.3) is 0 Å². The van der Waals surface area contributed by atoms with E-state index in [0.717, 1.165) is 5.52 Å². The Morgan fingerprint density at radius 2 is 1.67 bits per heavy atom. The number of carbonyl (C=O) groups is 1. The van der Waals surface area contributed by atoms with Gasteiger partial charge in [-0.1, -0.05) is 12.1 Å². The first-order chi connectivity index (χ1) is 8.50. The lowest BCUT2D eigenvalue weighted by molar-refractivity contribution is -0.111. The highest BCUT2D eigenvalue weighted by Crippen LogP contribution is 2.22. The summed E-state index contributed by atoms with van der Waals surface area (Å²) >= 11 is 0. The van der Waals surface area contributed by atoms with Crippen LogP contribution in [0.2, 0.25) is 0 Å². The number of aliphatic hydroxyl groups excluding tert-OH is 1. The number of hydrogen-bond donors (Lipinski definition) is 1. The van der Waals surface area contributed by atoms with Crippen LogP contribution in [-0.4, -0.2) is 20.9 Å². The largest absolute Gasteiger partial charge is 0.512 e. The number of rotatable bonds is 2. The van der Waals surface area contributed by atoms with Gasteiger partial charge in [0.15, 0.2) is 5.78 Å². The third kappa shape index (κ3) is 2.09. The molecule has 1 aromatic carbocycles. The quantitative estimate of drug-likeness (QED) is 0.649. The maximum absolute atomic E-state index is 11.6. The van der Waals surface area contributed by atoms with Crippen LogP contribution in [0.3, 0.4) is 0 Å².